The quantitative estimate of drug-likeness (QED) is 0.866. The molecule has 0 saturated carbocycles. The second kappa shape index (κ2) is 8.22. The maximum atomic E-state index is 12.6. The predicted octanol–water partition coefficient (Wildman–Crippen LogP) is 1.94. The third-order valence-electron chi connectivity index (χ3n) is 4.84. The molecule has 1 aliphatic heterocycles. The lowest BCUT2D eigenvalue weighted by atomic mass is 10.1. The summed E-state index contributed by atoms with van der Waals surface area (Å²) in [5.74, 6) is -0.0219. The number of nitrogens with zero attached hydrogens (tertiary/aromatic N) is 2. The van der Waals surface area contributed by atoms with Crippen LogP contribution in [0.25, 0.3) is 0 Å². The summed E-state index contributed by atoms with van der Waals surface area (Å²) in [4.78, 5) is 16.1. The Morgan fingerprint density at radius 1 is 1.23 bits per heavy atom. The Labute approximate surface area is 158 Å². The zero-order valence-electron chi connectivity index (χ0n) is 14.7. The number of carbonyl (C=O) groups excluding carboxylic acids is 1. The fraction of sp³-hybridized carbons (Fsp3) is 0.300. The summed E-state index contributed by atoms with van der Waals surface area (Å²) in [6.07, 6.45) is 0. The maximum absolute atomic E-state index is 12.6. The van der Waals surface area contributed by atoms with Gasteiger partial charge < -0.3 is 15.1 Å². The van der Waals surface area contributed by atoms with Gasteiger partial charge in [0.1, 0.15) is 0 Å². The zero-order chi connectivity index (χ0) is 18.5. The van der Waals surface area contributed by atoms with Crippen molar-refractivity contribution in [3.63, 3.8) is 0 Å². The Hall–Kier alpha value is -2.55. The number of piperazine rings is 1. The molecule has 134 valence electrons. The van der Waals surface area contributed by atoms with E-state index in [0.717, 1.165) is 36.9 Å². The number of rotatable bonds is 4. The van der Waals surface area contributed by atoms with Gasteiger partial charge in [0.05, 0.1) is 37.8 Å². The third-order valence-corrected chi connectivity index (χ3v) is 5.08. The summed E-state index contributed by atoms with van der Waals surface area (Å²) in [5, 5.41) is 12.6. The van der Waals surface area contributed by atoms with Gasteiger partial charge in [-0.1, -0.05) is 23.7 Å². The molecule has 1 aliphatic rings. The highest BCUT2D eigenvalue weighted by molar-refractivity contribution is 6.30. The van der Waals surface area contributed by atoms with Gasteiger partial charge >= 0.3 is 0 Å². The van der Waals surface area contributed by atoms with Gasteiger partial charge in [-0.2, -0.15) is 5.26 Å². The number of anilines is 2. The van der Waals surface area contributed by atoms with Crippen molar-refractivity contribution in [2.75, 3.05) is 36.4 Å². The van der Waals surface area contributed by atoms with Gasteiger partial charge in [-0.15, -0.1) is 0 Å². The van der Waals surface area contributed by atoms with Crippen molar-refractivity contribution in [2.24, 2.45) is 0 Å². The highest BCUT2D eigenvalue weighted by Crippen LogP contribution is 2.19. The molecule has 5 nitrogen and oxygen atoms in total. The third kappa shape index (κ3) is 4.34. The first-order valence-electron chi connectivity index (χ1n) is 8.73. The molecule has 6 heteroatoms. The molecule has 0 unspecified atom stereocenters. The summed E-state index contributed by atoms with van der Waals surface area (Å²) < 4.78 is 0. The minimum Gasteiger partial charge on any atom is -0.360 e. The second-order valence-electron chi connectivity index (χ2n) is 6.53. The Morgan fingerprint density at radius 3 is 2.65 bits per heavy atom. The summed E-state index contributed by atoms with van der Waals surface area (Å²) >= 11 is 6.08. The number of nitrogens with one attached hydrogen (secondary N) is 2. The fourth-order valence-corrected chi connectivity index (χ4v) is 3.44. The summed E-state index contributed by atoms with van der Waals surface area (Å²) in [6.45, 7) is 5.50. The molecule has 26 heavy (non-hydrogen) atoms. The first-order chi connectivity index (χ1) is 12.6. The molecule has 1 heterocycles. The zero-order valence-corrected chi connectivity index (χ0v) is 15.5. The van der Waals surface area contributed by atoms with Crippen molar-refractivity contribution in [3.8, 4) is 6.07 Å². The minimum atomic E-state index is -0.151. The molecule has 1 saturated heterocycles. The van der Waals surface area contributed by atoms with Gasteiger partial charge in [-0.25, -0.2) is 0 Å². The molecule has 1 atom stereocenters. The number of amides is 1. The van der Waals surface area contributed by atoms with Crippen molar-refractivity contribution in [2.45, 2.75) is 13.0 Å². The Balaban J connectivity index is 1.56. The van der Waals surface area contributed by atoms with E-state index in [0.29, 0.717) is 11.3 Å². The van der Waals surface area contributed by atoms with Gasteiger partial charge in [0, 0.05) is 16.4 Å². The normalized spacial score (nSPS) is 16.0. The van der Waals surface area contributed by atoms with Crippen molar-refractivity contribution in [1.82, 2.24) is 0 Å². The number of quaternary nitrogens is 1. The van der Waals surface area contributed by atoms with Gasteiger partial charge in [-0.3, -0.25) is 4.79 Å². The topological polar surface area (TPSA) is 60.6 Å². The van der Waals surface area contributed by atoms with Crippen LogP contribution in [0.5, 0.6) is 0 Å². The summed E-state index contributed by atoms with van der Waals surface area (Å²) in [5.41, 5.74) is 2.33. The predicted molar refractivity (Wildman–Crippen MR) is 104 cm³/mol. The second-order valence-corrected chi connectivity index (χ2v) is 6.97. The van der Waals surface area contributed by atoms with Crippen LogP contribution in [0.1, 0.15) is 12.5 Å². The van der Waals surface area contributed by atoms with E-state index >= 15 is 0 Å². The minimum absolute atomic E-state index is 0.0219. The van der Waals surface area contributed by atoms with Crippen LogP contribution in [0.4, 0.5) is 11.4 Å². The molecular weight excluding hydrogens is 348 g/mol. The molecular formula is C20H22ClN4O+. The summed E-state index contributed by atoms with van der Waals surface area (Å²) in [7, 11) is 0. The molecule has 2 aromatic carbocycles. The fourth-order valence-electron chi connectivity index (χ4n) is 3.26. The lowest BCUT2D eigenvalue weighted by Crippen LogP contribution is -3.19. The van der Waals surface area contributed by atoms with Crippen LogP contribution in [-0.4, -0.2) is 38.1 Å². The molecule has 0 spiro atoms. The average Bonchev–Trinajstić information content (AvgIpc) is 2.67. The van der Waals surface area contributed by atoms with Crippen LogP contribution < -0.4 is 15.1 Å². The van der Waals surface area contributed by atoms with Crippen LogP contribution in [0.2, 0.25) is 5.02 Å². The summed E-state index contributed by atoms with van der Waals surface area (Å²) in [6, 6.07) is 16.8. The standard InChI is InChI=1S/C20H21ClN4O/c1-15(20(26)23-18-6-2-4-16(12-18)14-22)24-8-10-25(11-9-24)19-7-3-5-17(21)13-19/h2-7,12-13,15H,8-11H2,1H3,(H,23,26)/p+1/t15-/m0/s1. The van der Waals surface area contributed by atoms with Crippen LogP contribution in [0.15, 0.2) is 48.5 Å². The van der Waals surface area contributed by atoms with Crippen LogP contribution in [0, 0.1) is 11.3 Å². The van der Waals surface area contributed by atoms with E-state index in [1.165, 1.54) is 4.90 Å². The monoisotopic (exact) mass is 369 g/mol. The molecule has 1 amide bonds. The van der Waals surface area contributed by atoms with E-state index in [1.54, 1.807) is 24.3 Å². The van der Waals surface area contributed by atoms with E-state index < -0.39 is 0 Å². The van der Waals surface area contributed by atoms with Gasteiger partial charge in [0.25, 0.3) is 5.91 Å². The van der Waals surface area contributed by atoms with Crippen molar-refractivity contribution in [3.05, 3.63) is 59.1 Å². The molecule has 0 radical (unpaired) electrons. The largest absolute Gasteiger partial charge is 0.360 e. The van der Waals surface area contributed by atoms with Gasteiger partial charge in [0.2, 0.25) is 0 Å². The number of halogens is 1. The molecule has 3 rings (SSSR count). The van der Waals surface area contributed by atoms with E-state index in [2.05, 4.69) is 22.4 Å². The Morgan fingerprint density at radius 2 is 1.96 bits per heavy atom. The molecule has 1 fully saturated rings. The van der Waals surface area contributed by atoms with E-state index in [1.807, 2.05) is 25.1 Å². The molecule has 0 aliphatic carbocycles. The Bertz CT molecular complexity index is 825. The van der Waals surface area contributed by atoms with Gasteiger partial charge in [-0.05, 0) is 43.3 Å². The highest BCUT2D eigenvalue weighted by Gasteiger charge is 2.29. The molecule has 0 aromatic heterocycles. The lowest BCUT2D eigenvalue weighted by Gasteiger charge is -2.36. The number of nitriles is 1. The van der Waals surface area contributed by atoms with Crippen molar-refractivity contribution < 1.29 is 9.69 Å². The molecule has 0 bridgehead atoms. The van der Waals surface area contributed by atoms with E-state index in [4.69, 9.17) is 16.9 Å². The number of hydrogen-bond donors (Lipinski definition) is 2. The lowest BCUT2D eigenvalue weighted by molar-refractivity contribution is -0.914. The number of hydrogen-bond acceptors (Lipinski definition) is 3. The van der Waals surface area contributed by atoms with Crippen LogP contribution in [-0.2, 0) is 4.79 Å². The van der Waals surface area contributed by atoms with E-state index in [-0.39, 0.29) is 11.9 Å². The van der Waals surface area contributed by atoms with Crippen LogP contribution >= 0.6 is 11.6 Å². The first kappa shape index (κ1) is 18.2. The smallest absolute Gasteiger partial charge is 0.282 e. The van der Waals surface area contributed by atoms with Crippen molar-refractivity contribution >= 4 is 28.9 Å². The highest BCUT2D eigenvalue weighted by atomic mass is 35.5. The first-order valence-corrected chi connectivity index (χ1v) is 9.11. The van der Waals surface area contributed by atoms with Crippen LogP contribution in [0.3, 0.4) is 0 Å². The molecule has 2 N–H and O–H groups in total. The number of benzene rings is 2. The SMILES string of the molecule is C[C@@H](C(=O)Nc1cccc(C#N)c1)[NH+]1CCN(c2cccc(Cl)c2)CC1. The number of carbonyl (C=O) groups is 1. The Kier molecular flexibility index (Phi) is 5.77. The average molecular weight is 370 g/mol. The van der Waals surface area contributed by atoms with E-state index in [9.17, 15) is 4.79 Å². The maximum Gasteiger partial charge on any atom is 0.282 e. The molecule has 2 aromatic rings. The van der Waals surface area contributed by atoms with Gasteiger partial charge in [0.15, 0.2) is 6.04 Å². The van der Waals surface area contributed by atoms with Crippen molar-refractivity contribution in [1.29, 1.82) is 5.26 Å².